The lowest BCUT2D eigenvalue weighted by molar-refractivity contribution is 0.670. The largest absolute Gasteiger partial charge is 0.455 e. The maximum absolute atomic E-state index is 6.54. The van der Waals surface area contributed by atoms with E-state index in [4.69, 9.17) is 4.42 Å². The minimum Gasteiger partial charge on any atom is -0.455 e. The molecule has 0 aliphatic rings. The van der Waals surface area contributed by atoms with Crippen LogP contribution in [0.5, 0.6) is 0 Å². The van der Waals surface area contributed by atoms with Crippen molar-refractivity contribution in [1.82, 2.24) is 4.57 Å². The molecule has 0 unspecified atom stereocenters. The van der Waals surface area contributed by atoms with E-state index in [0.29, 0.717) is 0 Å². The van der Waals surface area contributed by atoms with Crippen molar-refractivity contribution in [3.63, 3.8) is 0 Å². The van der Waals surface area contributed by atoms with Gasteiger partial charge in [0.25, 0.3) is 0 Å². The first kappa shape index (κ1) is 34.9. The Bertz CT molecular complexity index is 3560. The molecule has 2 aromatic heterocycles. The highest BCUT2D eigenvalue weighted by atomic mass is 16.3. The second kappa shape index (κ2) is 14.3. The van der Waals surface area contributed by atoms with Gasteiger partial charge in [0, 0.05) is 49.6 Å². The molecule has 12 rings (SSSR count). The van der Waals surface area contributed by atoms with E-state index in [0.717, 1.165) is 66.9 Å². The van der Waals surface area contributed by atoms with Gasteiger partial charge >= 0.3 is 0 Å². The zero-order valence-corrected chi connectivity index (χ0v) is 33.2. The Hall–Kier alpha value is -8.14. The molecule has 2 heterocycles. The summed E-state index contributed by atoms with van der Waals surface area (Å²) in [5, 5.41) is 7.19. The summed E-state index contributed by atoms with van der Waals surface area (Å²) in [6, 6.07) is 83.0. The van der Waals surface area contributed by atoms with Gasteiger partial charge in [-0.05, 0) is 88.1 Å². The van der Waals surface area contributed by atoms with E-state index >= 15 is 0 Å². The summed E-state index contributed by atoms with van der Waals surface area (Å²) >= 11 is 0. The molecular formula is C58H38N2O. The third kappa shape index (κ3) is 5.82. The van der Waals surface area contributed by atoms with E-state index in [-0.39, 0.29) is 0 Å². The number of para-hydroxylation sites is 6. The molecule has 3 nitrogen and oxygen atoms in total. The normalized spacial score (nSPS) is 11.6. The van der Waals surface area contributed by atoms with Crippen LogP contribution in [0.15, 0.2) is 235 Å². The van der Waals surface area contributed by atoms with Crippen molar-refractivity contribution in [2.45, 2.75) is 0 Å². The highest BCUT2D eigenvalue weighted by Crippen LogP contribution is 2.45. The van der Waals surface area contributed by atoms with Crippen molar-refractivity contribution in [1.29, 1.82) is 0 Å². The van der Waals surface area contributed by atoms with Crippen LogP contribution in [0.1, 0.15) is 0 Å². The monoisotopic (exact) mass is 778 g/mol. The van der Waals surface area contributed by atoms with Gasteiger partial charge in [0.2, 0.25) is 0 Å². The van der Waals surface area contributed by atoms with Crippen LogP contribution in [-0.2, 0) is 0 Å². The molecule has 0 aliphatic carbocycles. The molecule has 0 N–H and O–H groups in total. The average Bonchev–Trinajstić information content (AvgIpc) is 3.88. The molecule has 0 fully saturated rings. The first-order chi connectivity index (χ1) is 30.3. The van der Waals surface area contributed by atoms with Gasteiger partial charge in [-0.2, -0.15) is 0 Å². The molecule has 286 valence electrons. The number of rotatable bonds is 7. The fourth-order valence-electron chi connectivity index (χ4n) is 9.37. The lowest BCUT2D eigenvalue weighted by Gasteiger charge is -2.28. The van der Waals surface area contributed by atoms with Gasteiger partial charge in [-0.25, -0.2) is 0 Å². The van der Waals surface area contributed by atoms with Crippen molar-refractivity contribution in [3.05, 3.63) is 231 Å². The smallest absolute Gasteiger partial charge is 0.143 e. The second-order valence-corrected chi connectivity index (χ2v) is 15.7. The van der Waals surface area contributed by atoms with E-state index in [2.05, 4.69) is 228 Å². The van der Waals surface area contributed by atoms with Crippen LogP contribution in [0.2, 0.25) is 0 Å². The van der Waals surface area contributed by atoms with E-state index in [1.165, 1.54) is 43.7 Å². The van der Waals surface area contributed by atoms with Crippen molar-refractivity contribution >= 4 is 71.6 Å². The Balaban J connectivity index is 1.02. The number of aromatic nitrogens is 1. The number of nitrogens with zero attached hydrogens (tertiary/aromatic N) is 2. The predicted octanol–water partition coefficient (Wildman–Crippen LogP) is 16.3. The van der Waals surface area contributed by atoms with Gasteiger partial charge in [0.15, 0.2) is 0 Å². The van der Waals surface area contributed by atoms with Crippen LogP contribution in [0.4, 0.5) is 17.1 Å². The molecule has 0 bridgehead atoms. The molecular weight excluding hydrogens is 741 g/mol. The highest BCUT2D eigenvalue weighted by molar-refractivity contribution is 6.11. The molecule has 0 spiro atoms. The van der Waals surface area contributed by atoms with Crippen LogP contribution in [-0.4, -0.2) is 4.57 Å². The van der Waals surface area contributed by atoms with Gasteiger partial charge < -0.3 is 13.9 Å². The van der Waals surface area contributed by atoms with Crippen LogP contribution < -0.4 is 4.90 Å². The Morgan fingerprint density at radius 3 is 1.75 bits per heavy atom. The predicted molar refractivity (Wildman–Crippen MR) is 257 cm³/mol. The van der Waals surface area contributed by atoms with Gasteiger partial charge in [0.05, 0.1) is 22.4 Å². The minimum atomic E-state index is 0.895. The number of benzene rings is 10. The Labute approximate surface area is 353 Å². The fourth-order valence-corrected chi connectivity index (χ4v) is 9.37. The molecule has 0 saturated carbocycles. The van der Waals surface area contributed by atoms with E-state index in [1.54, 1.807) is 0 Å². The molecule has 0 atom stereocenters. The number of furan rings is 1. The zero-order chi connectivity index (χ0) is 40.3. The highest BCUT2D eigenvalue weighted by Gasteiger charge is 2.21. The average molecular weight is 779 g/mol. The van der Waals surface area contributed by atoms with Gasteiger partial charge in [0.1, 0.15) is 11.2 Å². The van der Waals surface area contributed by atoms with Crippen molar-refractivity contribution in [2.24, 2.45) is 0 Å². The lowest BCUT2D eigenvalue weighted by atomic mass is 9.97. The van der Waals surface area contributed by atoms with E-state index in [9.17, 15) is 0 Å². The summed E-state index contributed by atoms with van der Waals surface area (Å²) in [7, 11) is 0. The first-order valence-corrected chi connectivity index (χ1v) is 20.8. The molecule has 0 radical (unpaired) electrons. The third-order valence-electron chi connectivity index (χ3n) is 12.2. The van der Waals surface area contributed by atoms with Crippen molar-refractivity contribution < 1.29 is 4.42 Å². The molecule has 10 aromatic carbocycles. The summed E-state index contributed by atoms with van der Waals surface area (Å²) in [5.41, 5.74) is 15.3. The van der Waals surface area contributed by atoms with Gasteiger partial charge in [-0.3, -0.25) is 0 Å². The Morgan fingerprint density at radius 2 is 0.934 bits per heavy atom. The third-order valence-corrected chi connectivity index (χ3v) is 12.2. The number of hydrogen-bond acceptors (Lipinski definition) is 2. The number of hydrogen-bond donors (Lipinski definition) is 0. The van der Waals surface area contributed by atoms with E-state index < -0.39 is 0 Å². The zero-order valence-electron chi connectivity index (χ0n) is 33.2. The van der Waals surface area contributed by atoms with Crippen LogP contribution >= 0.6 is 0 Å². The molecule has 0 amide bonds. The van der Waals surface area contributed by atoms with Crippen LogP contribution in [0.3, 0.4) is 0 Å². The first-order valence-electron chi connectivity index (χ1n) is 20.8. The van der Waals surface area contributed by atoms with Crippen LogP contribution in [0.25, 0.3) is 93.6 Å². The summed E-state index contributed by atoms with van der Waals surface area (Å²) in [4.78, 5) is 2.40. The summed E-state index contributed by atoms with van der Waals surface area (Å²) in [5.74, 6) is 0. The fraction of sp³-hybridized carbons (Fsp3) is 0. The maximum Gasteiger partial charge on any atom is 0.143 e. The van der Waals surface area contributed by atoms with Crippen molar-refractivity contribution in [2.75, 3.05) is 4.90 Å². The Morgan fingerprint density at radius 1 is 0.344 bits per heavy atom. The summed E-state index contributed by atoms with van der Waals surface area (Å²) in [6.45, 7) is 0. The second-order valence-electron chi connectivity index (χ2n) is 15.7. The standard InChI is InChI=1S/C58H38N2O/c1-2-16-41-37-43(32-31-39(41)15-1)47-20-4-8-26-53(47)59(45-18-13-17-42(38-45)48-24-14-25-52-51-23-7-12-30-57(51)61-58(48)52)44-35-33-40(34-36-44)46-19-3-9-27-54(46)60-55-28-10-5-21-49(55)50-22-6-11-29-56(50)60/h1-38H. The lowest BCUT2D eigenvalue weighted by Crippen LogP contribution is -2.11. The van der Waals surface area contributed by atoms with Gasteiger partial charge in [-0.1, -0.05) is 170 Å². The number of anilines is 3. The SMILES string of the molecule is c1cc(-c2cccc3c2oc2ccccc23)cc(N(c2ccc(-c3ccccc3-n3c4ccccc4c4ccccc43)cc2)c2ccccc2-c2ccc3ccccc3c2)c1. The van der Waals surface area contributed by atoms with Gasteiger partial charge in [-0.15, -0.1) is 0 Å². The quantitative estimate of drug-likeness (QED) is 0.161. The topological polar surface area (TPSA) is 21.3 Å². The Kier molecular flexibility index (Phi) is 8.17. The summed E-state index contributed by atoms with van der Waals surface area (Å²) < 4.78 is 8.95. The minimum absolute atomic E-state index is 0.895. The molecule has 3 heteroatoms. The molecule has 0 saturated heterocycles. The molecule has 12 aromatic rings. The maximum atomic E-state index is 6.54. The van der Waals surface area contributed by atoms with E-state index in [1.807, 2.05) is 12.1 Å². The molecule has 61 heavy (non-hydrogen) atoms. The van der Waals surface area contributed by atoms with Crippen molar-refractivity contribution in [3.8, 4) is 39.1 Å². The number of fused-ring (bicyclic) bond motifs is 7. The molecule has 0 aliphatic heterocycles. The van der Waals surface area contributed by atoms with Crippen LogP contribution in [0, 0.1) is 0 Å². The summed E-state index contributed by atoms with van der Waals surface area (Å²) in [6.07, 6.45) is 0.